The summed E-state index contributed by atoms with van der Waals surface area (Å²) in [5.74, 6) is -0.899. The molecule has 0 saturated heterocycles. The molecule has 2 rings (SSSR count). The van der Waals surface area contributed by atoms with Crippen molar-refractivity contribution in [3.63, 3.8) is 0 Å². The van der Waals surface area contributed by atoms with E-state index < -0.39 is 5.97 Å². The van der Waals surface area contributed by atoms with E-state index in [4.69, 9.17) is 5.11 Å². The Morgan fingerprint density at radius 3 is 3.00 bits per heavy atom. The van der Waals surface area contributed by atoms with Crippen molar-refractivity contribution in [2.24, 2.45) is 0 Å². The number of rotatable bonds is 2. The number of carboxylic acid groups (broad SMARTS) is 1. The second kappa shape index (κ2) is 3.44. The van der Waals surface area contributed by atoms with Crippen LogP contribution < -0.4 is 0 Å². The third-order valence-electron chi connectivity index (χ3n) is 2.76. The monoisotopic (exact) mass is 194 g/mol. The van der Waals surface area contributed by atoms with Gasteiger partial charge in [0.25, 0.3) is 0 Å². The van der Waals surface area contributed by atoms with Gasteiger partial charge in [-0.1, -0.05) is 6.92 Å². The van der Waals surface area contributed by atoms with Gasteiger partial charge in [0.15, 0.2) is 5.69 Å². The number of hydrogen-bond acceptors (Lipinski definition) is 2. The fraction of sp³-hybridized carbons (Fsp3) is 0.600. The first-order chi connectivity index (χ1) is 6.74. The maximum atomic E-state index is 10.9. The fourth-order valence-electron chi connectivity index (χ4n) is 2.10. The molecule has 76 valence electrons. The number of aromatic carboxylic acids is 1. The van der Waals surface area contributed by atoms with E-state index in [0.717, 1.165) is 43.5 Å². The minimum Gasteiger partial charge on any atom is -0.476 e. The lowest BCUT2D eigenvalue weighted by Crippen LogP contribution is -2.11. The van der Waals surface area contributed by atoms with Crippen LogP contribution in [0.3, 0.4) is 0 Å². The molecule has 0 spiro atoms. The summed E-state index contributed by atoms with van der Waals surface area (Å²) in [4.78, 5) is 10.9. The molecule has 1 N–H and O–H groups in total. The lowest BCUT2D eigenvalue weighted by atomic mass is 10.0. The molecule has 0 radical (unpaired) electrons. The molecule has 4 heteroatoms. The van der Waals surface area contributed by atoms with Gasteiger partial charge in [-0.2, -0.15) is 5.10 Å². The number of hydrogen-bond donors (Lipinski definition) is 1. The molecule has 0 aliphatic carbocycles. The van der Waals surface area contributed by atoms with Crippen LogP contribution >= 0.6 is 0 Å². The van der Waals surface area contributed by atoms with Crippen LogP contribution in [0.1, 0.15) is 41.5 Å². The van der Waals surface area contributed by atoms with Gasteiger partial charge >= 0.3 is 5.97 Å². The van der Waals surface area contributed by atoms with Crippen LogP contribution in [0.5, 0.6) is 0 Å². The van der Waals surface area contributed by atoms with Crippen LogP contribution in [0, 0.1) is 0 Å². The van der Waals surface area contributed by atoms with Gasteiger partial charge in [0, 0.05) is 17.8 Å². The van der Waals surface area contributed by atoms with E-state index in [-0.39, 0.29) is 5.69 Å². The van der Waals surface area contributed by atoms with E-state index in [2.05, 4.69) is 5.10 Å². The zero-order chi connectivity index (χ0) is 10.1. The van der Waals surface area contributed by atoms with Gasteiger partial charge in [0.1, 0.15) is 0 Å². The summed E-state index contributed by atoms with van der Waals surface area (Å²) in [7, 11) is 0. The third-order valence-corrected chi connectivity index (χ3v) is 2.76. The average molecular weight is 194 g/mol. The Labute approximate surface area is 82.5 Å². The number of aryl methyl sites for hydroxylation is 1. The quantitative estimate of drug-likeness (QED) is 0.775. The normalized spacial score (nSPS) is 15.2. The standard InChI is InChI=1S/C10H14N2O2/c1-2-7-8-5-3-4-6-12(8)11-9(7)10(13)14/h2-6H2,1H3,(H,13,14). The predicted molar refractivity (Wildman–Crippen MR) is 51.5 cm³/mol. The van der Waals surface area contributed by atoms with E-state index >= 15 is 0 Å². The summed E-state index contributed by atoms with van der Waals surface area (Å²) in [5, 5.41) is 13.1. The Morgan fingerprint density at radius 2 is 2.36 bits per heavy atom. The molecule has 0 saturated carbocycles. The molecule has 4 nitrogen and oxygen atoms in total. The molecule has 1 aliphatic heterocycles. The molecule has 1 aliphatic rings. The molecule has 0 unspecified atom stereocenters. The van der Waals surface area contributed by atoms with Gasteiger partial charge in [-0.15, -0.1) is 0 Å². The summed E-state index contributed by atoms with van der Waals surface area (Å²) in [6.45, 7) is 2.86. The molecule has 1 aromatic rings. The molecular weight excluding hydrogens is 180 g/mol. The number of carboxylic acids is 1. The second-order valence-corrected chi connectivity index (χ2v) is 3.61. The van der Waals surface area contributed by atoms with E-state index in [1.165, 1.54) is 0 Å². The summed E-state index contributed by atoms with van der Waals surface area (Å²) in [6.07, 6.45) is 4.00. The molecule has 14 heavy (non-hydrogen) atoms. The first kappa shape index (κ1) is 9.24. The topological polar surface area (TPSA) is 55.1 Å². The smallest absolute Gasteiger partial charge is 0.356 e. The van der Waals surface area contributed by atoms with E-state index in [1.807, 2.05) is 11.6 Å². The molecule has 0 fully saturated rings. The van der Waals surface area contributed by atoms with Gasteiger partial charge in [-0.3, -0.25) is 4.68 Å². The number of carbonyl (C=O) groups is 1. The molecule has 2 heterocycles. The third kappa shape index (κ3) is 1.31. The van der Waals surface area contributed by atoms with E-state index in [1.54, 1.807) is 0 Å². The zero-order valence-electron chi connectivity index (χ0n) is 8.29. The Morgan fingerprint density at radius 1 is 1.57 bits per heavy atom. The maximum absolute atomic E-state index is 10.9. The van der Waals surface area contributed by atoms with Crippen LogP contribution in [-0.2, 0) is 19.4 Å². The molecule has 0 atom stereocenters. The minimum atomic E-state index is -0.899. The van der Waals surface area contributed by atoms with Crippen molar-refractivity contribution >= 4 is 5.97 Å². The van der Waals surface area contributed by atoms with Crippen LogP contribution in [0.15, 0.2) is 0 Å². The van der Waals surface area contributed by atoms with Crippen LogP contribution in [0.2, 0.25) is 0 Å². The van der Waals surface area contributed by atoms with Crippen molar-refractivity contribution in [3.05, 3.63) is 17.0 Å². The fourth-order valence-corrected chi connectivity index (χ4v) is 2.10. The first-order valence-electron chi connectivity index (χ1n) is 5.06. The Bertz CT molecular complexity index is 368. The second-order valence-electron chi connectivity index (χ2n) is 3.61. The van der Waals surface area contributed by atoms with Crippen molar-refractivity contribution in [1.82, 2.24) is 9.78 Å². The van der Waals surface area contributed by atoms with Crippen molar-refractivity contribution in [2.75, 3.05) is 0 Å². The van der Waals surface area contributed by atoms with Crippen molar-refractivity contribution < 1.29 is 9.90 Å². The van der Waals surface area contributed by atoms with Crippen LogP contribution in [0.4, 0.5) is 0 Å². The van der Waals surface area contributed by atoms with Gasteiger partial charge < -0.3 is 5.11 Å². The molecule has 0 amide bonds. The predicted octanol–water partition coefficient (Wildman–Crippen LogP) is 1.48. The highest BCUT2D eigenvalue weighted by Gasteiger charge is 2.22. The average Bonchev–Trinajstić information content (AvgIpc) is 2.56. The number of fused-ring (bicyclic) bond motifs is 1. The SMILES string of the molecule is CCc1c(C(=O)O)nn2c1CCCC2. The Kier molecular flexibility index (Phi) is 2.27. The van der Waals surface area contributed by atoms with Crippen molar-refractivity contribution in [1.29, 1.82) is 0 Å². The Balaban J connectivity index is 2.51. The van der Waals surface area contributed by atoms with Crippen molar-refractivity contribution in [2.45, 2.75) is 39.2 Å². The highest BCUT2D eigenvalue weighted by molar-refractivity contribution is 5.87. The number of nitrogens with zero attached hydrogens (tertiary/aromatic N) is 2. The van der Waals surface area contributed by atoms with E-state index in [9.17, 15) is 4.79 Å². The van der Waals surface area contributed by atoms with Crippen LogP contribution in [0.25, 0.3) is 0 Å². The lowest BCUT2D eigenvalue weighted by molar-refractivity contribution is 0.0688. The molecule has 0 bridgehead atoms. The van der Waals surface area contributed by atoms with Crippen LogP contribution in [-0.4, -0.2) is 20.9 Å². The first-order valence-corrected chi connectivity index (χ1v) is 5.06. The summed E-state index contributed by atoms with van der Waals surface area (Å²) < 4.78 is 1.87. The van der Waals surface area contributed by atoms with E-state index in [0.29, 0.717) is 0 Å². The molecule has 1 aromatic heterocycles. The van der Waals surface area contributed by atoms with Gasteiger partial charge in [0.2, 0.25) is 0 Å². The largest absolute Gasteiger partial charge is 0.476 e. The zero-order valence-corrected chi connectivity index (χ0v) is 8.29. The van der Waals surface area contributed by atoms with Crippen molar-refractivity contribution in [3.8, 4) is 0 Å². The molecule has 0 aromatic carbocycles. The number of aromatic nitrogens is 2. The summed E-state index contributed by atoms with van der Waals surface area (Å²) >= 11 is 0. The van der Waals surface area contributed by atoms with Gasteiger partial charge in [0.05, 0.1) is 0 Å². The Hall–Kier alpha value is -1.32. The maximum Gasteiger partial charge on any atom is 0.356 e. The highest BCUT2D eigenvalue weighted by atomic mass is 16.4. The van der Waals surface area contributed by atoms with Gasteiger partial charge in [-0.05, 0) is 25.7 Å². The summed E-state index contributed by atoms with van der Waals surface area (Å²) in [5.41, 5.74) is 2.32. The minimum absolute atomic E-state index is 0.254. The van der Waals surface area contributed by atoms with Gasteiger partial charge in [-0.25, -0.2) is 4.79 Å². The molecular formula is C10H14N2O2. The highest BCUT2D eigenvalue weighted by Crippen LogP contribution is 2.22. The summed E-state index contributed by atoms with van der Waals surface area (Å²) in [6, 6.07) is 0. The lowest BCUT2D eigenvalue weighted by Gasteiger charge is -2.13.